The van der Waals surface area contributed by atoms with E-state index in [1.54, 1.807) is 30.3 Å². The molecule has 0 spiro atoms. The fourth-order valence-electron chi connectivity index (χ4n) is 2.15. The zero-order chi connectivity index (χ0) is 17.8. The van der Waals surface area contributed by atoms with Crippen molar-refractivity contribution >= 4 is 39.5 Å². The molecule has 0 bridgehead atoms. The van der Waals surface area contributed by atoms with Crippen LogP contribution in [0.3, 0.4) is 0 Å². The predicted octanol–water partition coefficient (Wildman–Crippen LogP) is 3.25. The first-order valence-corrected chi connectivity index (χ1v) is 10.1. The van der Waals surface area contributed by atoms with Gasteiger partial charge in [-0.2, -0.15) is 0 Å². The van der Waals surface area contributed by atoms with Crippen molar-refractivity contribution in [1.82, 2.24) is 5.32 Å². The minimum atomic E-state index is -3.59. The van der Waals surface area contributed by atoms with Crippen LogP contribution in [-0.4, -0.2) is 26.4 Å². The molecule has 0 aliphatic carbocycles. The lowest BCUT2D eigenvalue weighted by molar-refractivity contribution is 0.0946. The minimum Gasteiger partial charge on any atom is -0.349 e. The molecule has 3 N–H and O–H groups in total. The van der Waals surface area contributed by atoms with Gasteiger partial charge in [0, 0.05) is 12.1 Å². The fourth-order valence-corrected chi connectivity index (χ4v) is 4.79. The molecule has 0 unspecified atom stereocenters. The van der Waals surface area contributed by atoms with Crippen molar-refractivity contribution in [2.75, 3.05) is 6.54 Å². The first kappa shape index (κ1) is 21.6. The summed E-state index contributed by atoms with van der Waals surface area (Å²) in [6, 6.07) is 11.2. The summed E-state index contributed by atoms with van der Waals surface area (Å²) in [4.78, 5) is 12.8. The molecule has 2 rings (SSSR count). The summed E-state index contributed by atoms with van der Waals surface area (Å²) < 4.78 is 25.2. The second-order valence-corrected chi connectivity index (χ2v) is 8.95. The van der Waals surface area contributed by atoms with Crippen LogP contribution < -0.4 is 11.1 Å². The smallest absolute Gasteiger partial charge is 0.261 e. The molecule has 0 saturated heterocycles. The second kappa shape index (κ2) is 8.80. The molecular weight excluding hydrogens is 380 g/mol. The number of benzene rings is 1. The molecule has 8 heteroatoms. The maximum absolute atomic E-state index is 12.5. The lowest BCUT2D eigenvalue weighted by Gasteiger charge is -2.26. The number of hydrogen-bond donors (Lipinski definition) is 2. The number of halogens is 1. The van der Waals surface area contributed by atoms with Crippen LogP contribution in [0.4, 0.5) is 0 Å². The van der Waals surface area contributed by atoms with E-state index in [9.17, 15) is 13.2 Å². The van der Waals surface area contributed by atoms with Gasteiger partial charge in [0.1, 0.15) is 4.21 Å². The highest BCUT2D eigenvalue weighted by Gasteiger charge is 2.24. The second-order valence-electron chi connectivity index (χ2n) is 5.69. The Kier molecular flexibility index (Phi) is 7.62. The molecule has 0 saturated carbocycles. The predicted molar refractivity (Wildman–Crippen MR) is 103 cm³/mol. The highest BCUT2D eigenvalue weighted by Crippen LogP contribution is 2.27. The number of hydrogen-bond acceptors (Lipinski definition) is 5. The van der Waals surface area contributed by atoms with E-state index in [4.69, 9.17) is 5.73 Å². The Morgan fingerprint density at radius 1 is 1.12 bits per heavy atom. The van der Waals surface area contributed by atoms with Gasteiger partial charge in [0.15, 0.2) is 0 Å². The van der Waals surface area contributed by atoms with Crippen molar-refractivity contribution in [3.8, 4) is 0 Å². The van der Waals surface area contributed by atoms with Gasteiger partial charge in [-0.25, -0.2) is 8.42 Å². The van der Waals surface area contributed by atoms with Gasteiger partial charge >= 0.3 is 0 Å². The van der Waals surface area contributed by atoms with Crippen LogP contribution in [0.5, 0.6) is 0 Å². The quantitative estimate of drug-likeness (QED) is 0.743. The highest BCUT2D eigenvalue weighted by molar-refractivity contribution is 7.93. The Morgan fingerprint density at radius 3 is 2.28 bits per heavy atom. The molecule has 25 heavy (non-hydrogen) atoms. The summed E-state index contributed by atoms with van der Waals surface area (Å²) in [5.74, 6) is -0.300. The van der Waals surface area contributed by atoms with E-state index in [0.29, 0.717) is 11.4 Å². The molecule has 0 fully saturated rings. The molecule has 1 aromatic heterocycles. The molecule has 5 nitrogen and oxygen atoms in total. The van der Waals surface area contributed by atoms with Crippen molar-refractivity contribution < 1.29 is 13.2 Å². The van der Waals surface area contributed by atoms with Gasteiger partial charge in [0.25, 0.3) is 5.91 Å². The summed E-state index contributed by atoms with van der Waals surface area (Å²) >= 11 is 0.968. The number of nitrogens with one attached hydrogen (secondary N) is 1. The minimum absolute atomic E-state index is 0. The van der Waals surface area contributed by atoms with Gasteiger partial charge in [-0.05, 0) is 37.1 Å². The molecule has 1 amide bonds. The molecular formula is C17H23ClN2O3S2. The largest absolute Gasteiger partial charge is 0.349 e. The first-order valence-electron chi connectivity index (χ1n) is 7.79. The molecule has 0 atom stereocenters. The van der Waals surface area contributed by atoms with Crippen LogP contribution >= 0.6 is 23.7 Å². The molecule has 0 radical (unpaired) electrons. The standard InChI is InChI=1S/C17H22N2O3S2.ClH/c1-3-17(18,4-2)12-19-16(20)14-10-11-15(23-14)24(21,22)13-8-6-5-7-9-13;/h5-11H,3-4,12,18H2,1-2H3,(H,19,20);1H. The van der Waals surface area contributed by atoms with E-state index in [-0.39, 0.29) is 27.4 Å². The third-order valence-electron chi connectivity index (χ3n) is 4.13. The van der Waals surface area contributed by atoms with E-state index < -0.39 is 15.4 Å². The number of amides is 1. The van der Waals surface area contributed by atoms with Gasteiger partial charge in [0.2, 0.25) is 9.84 Å². The average Bonchev–Trinajstić information content (AvgIpc) is 3.11. The van der Waals surface area contributed by atoms with Crippen molar-refractivity contribution in [2.45, 2.75) is 41.3 Å². The van der Waals surface area contributed by atoms with E-state index >= 15 is 0 Å². The van der Waals surface area contributed by atoms with E-state index in [1.165, 1.54) is 12.1 Å². The summed E-state index contributed by atoms with van der Waals surface area (Å²) in [6.45, 7) is 4.31. The summed E-state index contributed by atoms with van der Waals surface area (Å²) in [5.41, 5.74) is 5.73. The van der Waals surface area contributed by atoms with Crippen LogP contribution in [0.25, 0.3) is 0 Å². The number of thiophene rings is 1. The van der Waals surface area contributed by atoms with Gasteiger partial charge in [-0.1, -0.05) is 32.0 Å². The molecule has 138 valence electrons. The summed E-state index contributed by atoms with van der Waals surface area (Å²) in [7, 11) is -3.59. The number of nitrogens with two attached hydrogens (primary N) is 1. The van der Waals surface area contributed by atoms with Crippen molar-refractivity contribution in [1.29, 1.82) is 0 Å². The molecule has 2 aromatic rings. The topological polar surface area (TPSA) is 89.3 Å². The average molecular weight is 403 g/mol. The van der Waals surface area contributed by atoms with Gasteiger partial charge in [-0.3, -0.25) is 4.79 Å². The molecule has 1 aromatic carbocycles. The Bertz CT molecular complexity index is 800. The summed E-state index contributed by atoms with van der Waals surface area (Å²) in [6.07, 6.45) is 1.50. The van der Waals surface area contributed by atoms with Gasteiger partial charge < -0.3 is 11.1 Å². The van der Waals surface area contributed by atoms with Gasteiger partial charge in [-0.15, -0.1) is 23.7 Å². The Balaban J connectivity index is 0.00000312. The van der Waals surface area contributed by atoms with E-state index in [0.717, 1.165) is 24.2 Å². The van der Waals surface area contributed by atoms with Crippen molar-refractivity contribution in [3.63, 3.8) is 0 Å². The van der Waals surface area contributed by atoms with Crippen LogP contribution in [0, 0.1) is 0 Å². The Hall–Kier alpha value is -1.41. The number of rotatable bonds is 7. The zero-order valence-electron chi connectivity index (χ0n) is 14.2. The SMILES string of the molecule is CCC(N)(CC)CNC(=O)c1ccc(S(=O)(=O)c2ccccc2)s1.Cl. The lowest BCUT2D eigenvalue weighted by Crippen LogP contribution is -2.49. The van der Waals surface area contributed by atoms with Crippen LogP contribution in [0.15, 0.2) is 51.6 Å². The highest BCUT2D eigenvalue weighted by atomic mass is 35.5. The maximum Gasteiger partial charge on any atom is 0.261 e. The molecule has 0 aliphatic rings. The fraction of sp³-hybridized carbons (Fsp3) is 0.353. The third kappa shape index (κ3) is 5.04. The lowest BCUT2D eigenvalue weighted by atomic mass is 9.94. The molecule has 0 aliphatic heterocycles. The maximum atomic E-state index is 12.5. The number of sulfone groups is 1. The van der Waals surface area contributed by atoms with Crippen LogP contribution in [0.2, 0.25) is 0 Å². The Morgan fingerprint density at radius 2 is 1.72 bits per heavy atom. The number of carbonyl (C=O) groups is 1. The monoisotopic (exact) mass is 402 g/mol. The normalized spacial score (nSPS) is 11.6. The van der Waals surface area contributed by atoms with Crippen molar-refractivity contribution in [3.05, 3.63) is 47.3 Å². The van der Waals surface area contributed by atoms with E-state index in [1.807, 2.05) is 13.8 Å². The summed E-state index contributed by atoms with van der Waals surface area (Å²) in [5, 5.41) is 2.80. The number of carbonyl (C=O) groups excluding carboxylic acids is 1. The van der Waals surface area contributed by atoms with Crippen molar-refractivity contribution in [2.24, 2.45) is 5.73 Å². The van der Waals surface area contributed by atoms with Crippen LogP contribution in [0.1, 0.15) is 36.4 Å². The van der Waals surface area contributed by atoms with Gasteiger partial charge in [0.05, 0.1) is 9.77 Å². The van der Waals surface area contributed by atoms with Crippen LogP contribution in [-0.2, 0) is 9.84 Å². The zero-order valence-corrected chi connectivity index (χ0v) is 16.6. The Labute approximate surface area is 159 Å². The van der Waals surface area contributed by atoms with E-state index in [2.05, 4.69) is 5.32 Å². The first-order chi connectivity index (χ1) is 11.3. The third-order valence-corrected chi connectivity index (χ3v) is 7.48. The molecule has 1 heterocycles.